The van der Waals surface area contributed by atoms with E-state index >= 15 is 0 Å². The number of hydrogen-bond donors (Lipinski definition) is 0. The number of hydrogen-bond acceptors (Lipinski definition) is 0. The first-order valence-electron chi connectivity index (χ1n) is 7.50. The predicted molar refractivity (Wildman–Crippen MR) is 85.0 cm³/mol. The van der Waals surface area contributed by atoms with Crippen molar-refractivity contribution in [2.24, 2.45) is 0 Å². The van der Waals surface area contributed by atoms with E-state index in [1.807, 2.05) is 0 Å². The molecule has 0 N–H and O–H groups in total. The summed E-state index contributed by atoms with van der Waals surface area (Å²) in [5.74, 6) is 0. The van der Waals surface area contributed by atoms with Gasteiger partial charge in [0.15, 0.2) is 0 Å². The molecule has 0 aromatic heterocycles. The average Bonchev–Trinajstić information content (AvgIpc) is 2.34. The van der Waals surface area contributed by atoms with Crippen LogP contribution in [0.5, 0.6) is 0 Å². The first-order valence-corrected chi connectivity index (χ1v) is 8.91. The summed E-state index contributed by atoms with van der Waals surface area (Å²) in [7, 11) is 6.09. The summed E-state index contributed by atoms with van der Waals surface area (Å²) in [5, 5.41) is 0. The lowest BCUT2D eigenvalue weighted by Gasteiger charge is -2.30. The quantitative estimate of drug-likeness (QED) is 0.365. The Labute approximate surface area is 116 Å². The van der Waals surface area contributed by atoms with Gasteiger partial charge in [-0.25, -0.2) is 0 Å². The van der Waals surface area contributed by atoms with E-state index in [2.05, 4.69) is 44.4 Å². The fourth-order valence-electron chi connectivity index (χ4n) is 2.48. The minimum Gasteiger partial charge on any atom is -0.325 e. The normalized spacial score (nSPS) is 11.9. The monoisotopic (exact) mass is 264 g/mol. The summed E-state index contributed by atoms with van der Waals surface area (Å²) in [5.41, 5.74) is 1.46. The number of nitrogens with zero attached hydrogens (tertiary/aromatic N) is 1. The molecule has 0 spiro atoms. The summed E-state index contributed by atoms with van der Waals surface area (Å²) in [6.07, 6.45) is 7.15. The first-order chi connectivity index (χ1) is 8.64. The first kappa shape index (κ1) is 15.5. The van der Waals surface area contributed by atoms with Crippen LogP contribution in [0, 0.1) is 0 Å². The molecule has 1 aromatic carbocycles. The fraction of sp³-hybridized carbons (Fsp3) is 0.625. The molecule has 1 nitrogen and oxygen atoms in total. The second-order valence-electron chi connectivity index (χ2n) is 6.07. The summed E-state index contributed by atoms with van der Waals surface area (Å²) >= 11 is 0. The summed E-state index contributed by atoms with van der Waals surface area (Å²) in [6, 6.07) is 12.3. The van der Waals surface area contributed by atoms with Gasteiger partial charge in [0.05, 0.1) is 20.6 Å². The number of unbranched alkanes of at least 4 members (excludes halogenated alkanes) is 4. The molecule has 0 heterocycles. The SMILES string of the molecule is C[N+](C)(CCCCCCC[SiH3])Cc1ccccc1. The van der Waals surface area contributed by atoms with Crippen molar-refractivity contribution in [3.8, 4) is 0 Å². The molecular formula is C16H30NSi+. The molecule has 0 aliphatic heterocycles. The molecule has 1 rings (SSSR count). The van der Waals surface area contributed by atoms with Crippen LogP contribution in [0.25, 0.3) is 0 Å². The van der Waals surface area contributed by atoms with Crippen molar-refractivity contribution in [1.82, 2.24) is 0 Å². The zero-order valence-electron chi connectivity index (χ0n) is 12.5. The predicted octanol–water partition coefficient (Wildman–Crippen LogP) is 3.00. The van der Waals surface area contributed by atoms with Crippen LogP contribution in [0.1, 0.15) is 37.7 Å². The molecule has 0 fully saturated rings. The van der Waals surface area contributed by atoms with Gasteiger partial charge >= 0.3 is 0 Å². The van der Waals surface area contributed by atoms with Crippen LogP contribution in [-0.4, -0.2) is 35.4 Å². The highest BCUT2D eigenvalue weighted by atomic mass is 28.1. The third-order valence-corrected chi connectivity index (χ3v) is 4.28. The summed E-state index contributed by atoms with van der Waals surface area (Å²) in [4.78, 5) is 0. The molecule has 18 heavy (non-hydrogen) atoms. The Bertz CT molecular complexity index is 308. The molecule has 0 bridgehead atoms. The third kappa shape index (κ3) is 6.97. The molecule has 0 amide bonds. The molecule has 0 unspecified atom stereocenters. The van der Waals surface area contributed by atoms with Gasteiger partial charge in [-0.3, -0.25) is 0 Å². The molecular weight excluding hydrogens is 234 g/mol. The lowest BCUT2D eigenvalue weighted by atomic mass is 10.1. The Morgan fingerprint density at radius 1 is 0.889 bits per heavy atom. The smallest absolute Gasteiger partial charge is 0.104 e. The minimum atomic E-state index is 1.12. The Hall–Kier alpha value is -0.603. The highest BCUT2D eigenvalue weighted by molar-refractivity contribution is 6.08. The van der Waals surface area contributed by atoms with E-state index in [0.29, 0.717) is 0 Å². The van der Waals surface area contributed by atoms with E-state index in [-0.39, 0.29) is 0 Å². The van der Waals surface area contributed by atoms with Crippen molar-refractivity contribution in [2.45, 2.75) is 44.7 Å². The molecule has 0 saturated carbocycles. The number of benzene rings is 1. The topological polar surface area (TPSA) is 0 Å². The van der Waals surface area contributed by atoms with Gasteiger partial charge in [-0.15, -0.1) is 0 Å². The fourth-order valence-corrected chi connectivity index (χ4v) is 2.98. The van der Waals surface area contributed by atoms with Crippen LogP contribution < -0.4 is 0 Å². The van der Waals surface area contributed by atoms with Crippen molar-refractivity contribution >= 4 is 10.2 Å². The molecule has 0 saturated heterocycles. The maximum absolute atomic E-state index is 2.35. The molecule has 102 valence electrons. The molecule has 2 heteroatoms. The van der Waals surface area contributed by atoms with Crippen LogP contribution in [0.2, 0.25) is 6.04 Å². The molecule has 0 atom stereocenters. The molecule has 0 radical (unpaired) electrons. The van der Waals surface area contributed by atoms with E-state index in [4.69, 9.17) is 0 Å². The van der Waals surface area contributed by atoms with Crippen molar-refractivity contribution < 1.29 is 4.48 Å². The Balaban J connectivity index is 2.19. The van der Waals surface area contributed by atoms with Crippen molar-refractivity contribution in [3.05, 3.63) is 35.9 Å². The van der Waals surface area contributed by atoms with Crippen LogP contribution in [0.15, 0.2) is 30.3 Å². The maximum Gasteiger partial charge on any atom is 0.104 e. The molecule has 0 aliphatic rings. The summed E-state index contributed by atoms with van der Waals surface area (Å²) in [6.45, 7) is 2.46. The second kappa shape index (κ2) is 8.49. The average molecular weight is 265 g/mol. The van der Waals surface area contributed by atoms with Gasteiger partial charge in [-0.05, 0) is 12.8 Å². The van der Waals surface area contributed by atoms with Crippen molar-refractivity contribution in [1.29, 1.82) is 0 Å². The van der Waals surface area contributed by atoms with Crippen molar-refractivity contribution in [2.75, 3.05) is 20.6 Å². The molecule has 0 aliphatic carbocycles. The number of quaternary nitrogens is 1. The molecule has 1 aromatic rings. The Morgan fingerprint density at radius 2 is 1.50 bits per heavy atom. The zero-order valence-corrected chi connectivity index (χ0v) is 14.5. The second-order valence-corrected chi connectivity index (χ2v) is 7.07. The number of rotatable bonds is 9. The van der Waals surface area contributed by atoms with Gasteiger partial charge in [0, 0.05) is 15.8 Å². The summed E-state index contributed by atoms with van der Waals surface area (Å²) < 4.78 is 1.12. The van der Waals surface area contributed by atoms with Crippen LogP contribution in [0.4, 0.5) is 0 Å². The lowest BCUT2D eigenvalue weighted by Crippen LogP contribution is -2.39. The van der Waals surface area contributed by atoms with E-state index < -0.39 is 0 Å². The van der Waals surface area contributed by atoms with Gasteiger partial charge in [-0.2, -0.15) is 0 Å². The van der Waals surface area contributed by atoms with Crippen LogP contribution in [-0.2, 0) is 6.54 Å². The highest BCUT2D eigenvalue weighted by Gasteiger charge is 2.14. The van der Waals surface area contributed by atoms with Gasteiger partial charge < -0.3 is 4.48 Å². The van der Waals surface area contributed by atoms with Gasteiger partial charge in [0.1, 0.15) is 6.54 Å². The van der Waals surface area contributed by atoms with E-state index in [0.717, 1.165) is 11.0 Å². The highest BCUT2D eigenvalue weighted by Crippen LogP contribution is 2.12. The van der Waals surface area contributed by atoms with E-state index in [1.165, 1.54) is 60.5 Å². The Morgan fingerprint density at radius 3 is 2.17 bits per heavy atom. The van der Waals surface area contributed by atoms with Crippen LogP contribution in [0.3, 0.4) is 0 Å². The van der Waals surface area contributed by atoms with Crippen molar-refractivity contribution in [3.63, 3.8) is 0 Å². The standard InChI is InChI=1S/C16H30NSi/c1-17(2,13-9-4-3-5-10-14-18)15-16-11-7-6-8-12-16/h6-8,11-12H,3-5,9-10,13-15H2,1-2,18H3/q+1. The lowest BCUT2D eigenvalue weighted by molar-refractivity contribution is -0.903. The Kier molecular flexibility index (Phi) is 7.29. The van der Waals surface area contributed by atoms with Crippen LogP contribution >= 0.6 is 0 Å². The maximum atomic E-state index is 2.35. The van der Waals surface area contributed by atoms with Gasteiger partial charge in [-0.1, -0.05) is 55.6 Å². The van der Waals surface area contributed by atoms with E-state index in [9.17, 15) is 0 Å². The minimum absolute atomic E-state index is 1.12. The third-order valence-electron chi connectivity index (χ3n) is 3.57. The largest absolute Gasteiger partial charge is 0.325 e. The van der Waals surface area contributed by atoms with Gasteiger partial charge in [0.2, 0.25) is 0 Å². The van der Waals surface area contributed by atoms with Gasteiger partial charge in [0.25, 0.3) is 0 Å². The van der Waals surface area contributed by atoms with E-state index in [1.54, 1.807) is 0 Å². The zero-order chi connectivity index (χ0) is 13.3.